The molecule has 2 saturated heterocycles. The molecule has 0 spiro atoms. The van der Waals surface area contributed by atoms with Gasteiger partial charge in [-0.15, -0.1) is 0 Å². The summed E-state index contributed by atoms with van der Waals surface area (Å²) in [6, 6.07) is -1.62. The van der Waals surface area contributed by atoms with Gasteiger partial charge in [-0.1, -0.05) is 30.4 Å². The Hall–Kier alpha value is -3.58. The number of hydroxylamine groups is 2. The zero-order chi connectivity index (χ0) is 21.8. The highest BCUT2D eigenvalue weighted by atomic mass is 16.8. The number of β-lactam (4-membered cyclic amide) rings is 1. The van der Waals surface area contributed by atoms with Crippen LogP contribution in [0.5, 0.6) is 0 Å². The Morgan fingerprint density at radius 1 is 1.13 bits per heavy atom. The smallest absolute Gasteiger partial charge is 0.445 e. The predicted octanol–water partition coefficient (Wildman–Crippen LogP) is 0.138. The van der Waals surface area contributed by atoms with Crippen LogP contribution < -0.4 is 5.73 Å². The molecule has 0 radical (unpaired) electrons. The molecule has 0 aromatic heterocycles. The standard InChI is InChI=1S/C17H19N3O10/c1-3-5-25-16(23)29-14-9(7-27-15(18)22)12-10-11(13(21)20(10)14)19(8-28-12)30-17(24)26-6-4-2/h3-4,10-12H,1-2,5-8H2,(H2,18,22)/t10-,11-,12?/m0/s1. The Morgan fingerprint density at radius 2 is 1.80 bits per heavy atom. The molecule has 162 valence electrons. The fourth-order valence-electron chi connectivity index (χ4n) is 3.22. The largest absolute Gasteiger partial charge is 0.528 e. The van der Waals surface area contributed by atoms with E-state index in [-0.39, 0.29) is 38.0 Å². The van der Waals surface area contributed by atoms with Crippen molar-refractivity contribution in [2.75, 3.05) is 26.6 Å². The molecule has 3 rings (SSSR count). The number of nitrogens with zero attached hydrogens (tertiary/aromatic N) is 2. The Bertz CT molecular complexity index is 810. The van der Waals surface area contributed by atoms with E-state index in [9.17, 15) is 19.2 Å². The summed E-state index contributed by atoms with van der Waals surface area (Å²) in [4.78, 5) is 53.5. The molecule has 3 atom stereocenters. The highest BCUT2D eigenvalue weighted by Gasteiger charge is 2.66. The van der Waals surface area contributed by atoms with Crippen LogP contribution in [0.3, 0.4) is 0 Å². The van der Waals surface area contributed by atoms with Crippen molar-refractivity contribution < 1.29 is 47.7 Å². The highest BCUT2D eigenvalue weighted by Crippen LogP contribution is 2.45. The SMILES string of the molecule is C=CCOC(=O)OC1=C(COC(N)=O)C2OCN(OC(=O)OCC=C)[C@@H]3C(=O)N1[C@H]23. The normalized spacial score (nSPS) is 24.3. The summed E-state index contributed by atoms with van der Waals surface area (Å²) in [6.07, 6.45) is -1.33. The second-order valence-corrected chi connectivity index (χ2v) is 6.11. The van der Waals surface area contributed by atoms with Gasteiger partial charge in [0.15, 0.2) is 6.04 Å². The molecule has 2 N–H and O–H groups in total. The van der Waals surface area contributed by atoms with Gasteiger partial charge in [0.2, 0.25) is 5.88 Å². The van der Waals surface area contributed by atoms with E-state index in [4.69, 9.17) is 34.3 Å². The van der Waals surface area contributed by atoms with Crippen molar-refractivity contribution in [3.63, 3.8) is 0 Å². The van der Waals surface area contributed by atoms with Crippen LogP contribution in [-0.4, -0.2) is 79.0 Å². The lowest BCUT2D eigenvalue weighted by Gasteiger charge is -2.50. The van der Waals surface area contributed by atoms with Crippen molar-refractivity contribution in [1.29, 1.82) is 0 Å². The molecule has 13 heteroatoms. The first kappa shape index (κ1) is 21.1. The topological polar surface area (TPSA) is 156 Å². The number of hydrogen-bond donors (Lipinski definition) is 1. The highest BCUT2D eigenvalue weighted by molar-refractivity contribution is 5.93. The Balaban J connectivity index is 1.77. The first-order valence-electron chi connectivity index (χ1n) is 8.66. The van der Waals surface area contributed by atoms with E-state index in [1.165, 1.54) is 12.2 Å². The van der Waals surface area contributed by atoms with Crippen LogP contribution in [0.2, 0.25) is 0 Å². The van der Waals surface area contributed by atoms with Crippen LogP contribution in [0, 0.1) is 0 Å². The van der Waals surface area contributed by atoms with Gasteiger partial charge < -0.3 is 34.3 Å². The second kappa shape index (κ2) is 8.84. The number of hydrogen-bond acceptors (Lipinski definition) is 11. The third-order valence-electron chi connectivity index (χ3n) is 4.33. The number of carbonyl (C=O) groups excluding carboxylic acids is 4. The van der Waals surface area contributed by atoms with Crippen LogP contribution in [0.15, 0.2) is 36.8 Å². The zero-order valence-electron chi connectivity index (χ0n) is 15.7. The van der Waals surface area contributed by atoms with Gasteiger partial charge in [-0.25, -0.2) is 14.4 Å². The Labute approximate surface area is 170 Å². The van der Waals surface area contributed by atoms with Gasteiger partial charge >= 0.3 is 18.4 Å². The van der Waals surface area contributed by atoms with Crippen molar-refractivity contribution in [1.82, 2.24) is 9.96 Å². The second-order valence-electron chi connectivity index (χ2n) is 6.11. The third-order valence-corrected chi connectivity index (χ3v) is 4.33. The molecular weight excluding hydrogens is 406 g/mol. The number of primary amides is 1. The van der Waals surface area contributed by atoms with Gasteiger partial charge in [0, 0.05) is 0 Å². The number of rotatable bonds is 8. The van der Waals surface area contributed by atoms with Gasteiger partial charge in [0.1, 0.15) is 32.7 Å². The van der Waals surface area contributed by atoms with Crippen LogP contribution in [0.1, 0.15) is 0 Å². The number of nitrogens with two attached hydrogens (primary N) is 1. The molecule has 0 saturated carbocycles. The lowest BCUT2D eigenvalue weighted by Crippen LogP contribution is -2.74. The van der Waals surface area contributed by atoms with E-state index in [2.05, 4.69) is 13.2 Å². The van der Waals surface area contributed by atoms with E-state index in [1.807, 2.05) is 0 Å². The Morgan fingerprint density at radius 3 is 2.43 bits per heavy atom. The van der Waals surface area contributed by atoms with E-state index in [0.29, 0.717) is 0 Å². The maximum absolute atomic E-state index is 12.7. The minimum Gasteiger partial charge on any atom is -0.445 e. The van der Waals surface area contributed by atoms with Gasteiger partial charge in [-0.3, -0.25) is 9.69 Å². The van der Waals surface area contributed by atoms with Gasteiger partial charge in [-0.2, -0.15) is 0 Å². The van der Waals surface area contributed by atoms with Crippen molar-refractivity contribution in [2.45, 2.75) is 18.2 Å². The van der Waals surface area contributed by atoms with Gasteiger partial charge in [0.05, 0.1) is 11.6 Å². The molecule has 2 fully saturated rings. The lowest BCUT2D eigenvalue weighted by molar-refractivity contribution is -0.272. The monoisotopic (exact) mass is 425 g/mol. The van der Waals surface area contributed by atoms with Crippen LogP contribution in [0.4, 0.5) is 14.4 Å². The van der Waals surface area contributed by atoms with Crippen LogP contribution >= 0.6 is 0 Å². The average Bonchev–Trinajstić information content (AvgIpc) is 2.99. The molecule has 13 nitrogen and oxygen atoms in total. The number of ether oxygens (including phenoxy) is 5. The predicted molar refractivity (Wildman–Crippen MR) is 93.8 cm³/mol. The lowest BCUT2D eigenvalue weighted by atomic mass is 9.90. The van der Waals surface area contributed by atoms with Crippen molar-refractivity contribution in [3.05, 3.63) is 36.8 Å². The molecule has 0 aliphatic carbocycles. The fourth-order valence-corrected chi connectivity index (χ4v) is 3.22. The van der Waals surface area contributed by atoms with E-state index in [1.54, 1.807) is 0 Å². The number of carbonyl (C=O) groups is 4. The molecule has 3 aliphatic rings. The molecule has 0 bridgehead atoms. The van der Waals surface area contributed by atoms with Gasteiger partial charge in [0.25, 0.3) is 5.91 Å². The maximum Gasteiger partial charge on any atom is 0.528 e. The van der Waals surface area contributed by atoms with Crippen molar-refractivity contribution >= 4 is 24.3 Å². The molecule has 3 heterocycles. The fraction of sp³-hybridized carbons (Fsp3) is 0.412. The first-order valence-corrected chi connectivity index (χ1v) is 8.66. The summed E-state index contributed by atoms with van der Waals surface area (Å²) < 4.78 is 25.1. The first-order chi connectivity index (χ1) is 14.4. The van der Waals surface area contributed by atoms with Crippen LogP contribution in [0.25, 0.3) is 0 Å². The molecule has 30 heavy (non-hydrogen) atoms. The molecule has 2 amide bonds. The third kappa shape index (κ3) is 3.92. The molecule has 0 aromatic carbocycles. The average molecular weight is 425 g/mol. The molecule has 0 aromatic rings. The summed E-state index contributed by atoms with van der Waals surface area (Å²) in [7, 11) is 0. The maximum atomic E-state index is 12.7. The summed E-state index contributed by atoms with van der Waals surface area (Å²) >= 11 is 0. The Kier molecular flexibility index (Phi) is 6.23. The minimum absolute atomic E-state index is 0.0781. The van der Waals surface area contributed by atoms with E-state index < -0.39 is 42.5 Å². The molecule has 3 aliphatic heterocycles. The van der Waals surface area contributed by atoms with Crippen molar-refractivity contribution in [2.24, 2.45) is 5.73 Å². The summed E-state index contributed by atoms with van der Waals surface area (Å²) in [5.74, 6) is -0.733. The van der Waals surface area contributed by atoms with E-state index >= 15 is 0 Å². The quantitative estimate of drug-likeness (QED) is 0.244. The van der Waals surface area contributed by atoms with Crippen molar-refractivity contribution in [3.8, 4) is 0 Å². The van der Waals surface area contributed by atoms with E-state index in [0.717, 1.165) is 9.96 Å². The summed E-state index contributed by atoms with van der Waals surface area (Å²) in [5, 5.41) is 1.01. The summed E-state index contributed by atoms with van der Waals surface area (Å²) in [5.41, 5.74) is 5.20. The molecular formula is C17H19N3O10. The summed E-state index contributed by atoms with van der Waals surface area (Å²) in [6.45, 7) is 5.94. The van der Waals surface area contributed by atoms with Crippen LogP contribution in [-0.2, 0) is 33.3 Å². The number of amides is 2. The zero-order valence-corrected chi connectivity index (χ0v) is 15.7. The molecule has 1 unspecified atom stereocenters. The van der Waals surface area contributed by atoms with Gasteiger partial charge in [-0.05, 0) is 0 Å². The minimum atomic E-state index is -1.10.